The van der Waals surface area contributed by atoms with Crippen LogP contribution in [0.25, 0.3) is 11.1 Å². The highest BCUT2D eigenvalue weighted by Crippen LogP contribution is 2.41. The van der Waals surface area contributed by atoms with Crippen LogP contribution in [0.3, 0.4) is 0 Å². The fourth-order valence-electron chi connectivity index (χ4n) is 4.94. The molecule has 1 saturated carbocycles. The Balaban J connectivity index is 1.63. The number of methoxy groups -OCH3 is 1. The van der Waals surface area contributed by atoms with E-state index in [2.05, 4.69) is 24.3 Å². The molecule has 1 N–H and O–H groups in total. The van der Waals surface area contributed by atoms with Gasteiger partial charge in [-0.1, -0.05) is 74.5 Å². The predicted octanol–water partition coefficient (Wildman–Crippen LogP) is 7.74. The fourth-order valence-corrected chi connectivity index (χ4v) is 5.20. The van der Waals surface area contributed by atoms with Gasteiger partial charge < -0.3 is 9.84 Å². The van der Waals surface area contributed by atoms with E-state index in [1.807, 2.05) is 25.1 Å². The Morgan fingerprint density at radius 2 is 1.81 bits per heavy atom. The van der Waals surface area contributed by atoms with E-state index in [0.29, 0.717) is 23.6 Å². The van der Waals surface area contributed by atoms with E-state index in [-0.39, 0.29) is 18.3 Å². The van der Waals surface area contributed by atoms with E-state index in [9.17, 15) is 9.90 Å². The van der Waals surface area contributed by atoms with E-state index < -0.39 is 11.6 Å². The third kappa shape index (κ3) is 5.83. The van der Waals surface area contributed by atoms with Gasteiger partial charge in [0.1, 0.15) is 5.75 Å². The number of carbonyl (C=O) groups is 1. The summed E-state index contributed by atoms with van der Waals surface area (Å²) in [6.07, 6.45) is 6.84. The van der Waals surface area contributed by atoms with Crippen LogP contribution >= 0.6 is 11.6 Å². The Morgan fingerprint density at radius 3 is 2.38 bits per heavy atom. The highest BCUT2D eigenvalue weighted by atomic mass is 35.5. The Morgan fingerprint density at radius 1 is 1.16 bits per heavy atom. The number of rotatable bonds is 10. The van der Waals surface area contributed by atoms with E-state index in [0.717, 1.165) is 49.7 Å². The number of hydrogen-bond donors (Lipinski definition) is 1. The third-order valence-electron chi connectivity index (χ3n) is 7.05. The first-order chi connectivity index (χ1) is 15.4. The maximum absolute atomic E-state index is 15.7. The van der Waals surface area contributed by atoms with Crippen molar-refractivity contribution in [2.24, 2.45) is 11.8 Å². The number of carboxylic acid groups (broad SMARTS) is 1. The number of hydrogen-bond acceptors (Lipinski definition) is 2. The molecule has 1 aliphatic carbocycles. The molecule has 3 rings (SSSR count). The van der Waals surface area contributed by atoms with Crippen molar-refractivity contribution in [1.29, 1.82) is 0 Å². The van der Waals surface area contributed by atoms with Crippen molar-refractivity contribution in [3.8, 4) is 16.9 Å². The van der Waals surface area contributed by atoms with Crippen molar-refractivity contribution in [1.82, 2.24) is 0 Å². The SMILES string of the molecule is CCC(CCc1ccc(-c2ccc(OC)c(Cl)c2)cc1)C[C@@](F)(C(=O)O)C1CCCCC1. The van der Waals surface area contributed by atoms with Crippen LogP contribution in [0.15, 0.2) is 42.5 Å². The number of carboxylic acids is 1. The monoisotopic (exact) mass is 460 g/mol. The van der Waals surface area contributed by atoms with Crippen LogP contribution in [0.5, 0.6) is 5.75 Å². The molecule has 0 spiro atoms. The van der Waals surface area contributed by atoms with Crippen LogP contribution in [0.1, 0.15) is 63.9 Å². The molecule has 0 saturated heterocycles. The lowest BCUT2D eigenvalue weighted by atomic mass is 9.73. The minimum Gasteiger partial charge on any atom is -0.495 e. The molecular weight excluding hydrogens is 427 g/mol. The number of halogens is 2. The van der Waals surface area contributed by atoms with Gasteiger partial charge in [0.15, 0.2) is 0 Å². The Bertz CT molecular complexity index is 892. The van der Waals surface area contributed by atoms with Crippen molar-refractivity contribution >= 4 is 17.6 Å². The average Bonchev–Trinajstić information content (AvgIpc) is 2.82. The normalized spacial score (nSPS) is 17.5. The van der Waals surface area contributed by atoms with Crippen molar-refractivity contribution in [2.75, 3.05) is 7.11 Å². The molecule has 1 aliphatic rings. The van der Waals surface area contributed by atoms with E-state index in [1.165, 1.54) is 5.56 Å². The molecule has 2 aromatic carbocycles. The van der Waals surface area contributed by atoms with Gasteiger partial charge in [-0.15, -0.1) is 0 Å². The Hall–Kier alpha value is -2.07. The molecule has 0 radical (unpaired) electrons. The summed E-state index contributed by atoms with van der Waals surface area (Å²) in [6, 6.07) is 14.0. The van der Waals surface area contributed by atoms with Crippen LogP contribution in [-0.4, -0.2) is 23.9 Å². The smallest absolute Gasteiger partial charge is 0.341 e. The van der Waals surface area contributed by atoms with Crippen LogP contribution in [0, 0.1) is 11.8 Å². The van der Waals surface area contributed by atoms with Crippen molar-refractivity contribution in [3.63, 3.8) is 0 Å². The molecule has 2 aromatic rings. The highest BCUT2D eigenvalue weighted by molar-refractivity contribution is 6.32. The molecule has 1 fully saturated rings. The van der Waals surface area contributed by atoms with Crippen molar-refractivity contribution in [3.05, 3.63) is 53.1 Å². The molecule has 2 atom stereocenters. The summed E-state index contributed by atoms with van der Waals surface area (Å²) >= 11 is 6.24. The molecule has 32 heavy (non-hydrogen) atoms. The summed E-state index contributed by atoms with van der Waals surface area (Å²) in [6.45, 7) is 2.03. The summed E-state index contributed by atoms with van der Waals surface area (Å²) in [5, 5.41) is 10.3. The van der Waals surface area contributed by atoms with Gasteiger partial charge in [0.05, 0.1) is 12.1 Å². The molecule has 0 bridgehead atoms. The van der Waals surface area contributed by atoms with Gasteiger partial charge in [-0.3, -0.25) is 0 Å². The second-order valence-corrected chi connectivity index (χ2v) is 9.47. The summed E-state index contributed by atoms with van der Waals surface area (Å²) in [4.78, 5) is 11.9. The lowest BCUT2D eigenvalue weighted by molar-refractivity contribution is -0.158. The first kappa shape index (κ1) is 24.6. The van der Waals surface area contributed by atoms with Gasteiger partial charge in [-0.05, 0) is 66.8 Å². The number of aliphatic carboxylic acids is 1. The predicted molar refractivity (Wildman–Crippen MR) is 128 cm³/mol. The zero-order valence-electron chi connectivity index (χ0n) is 19.1. The van der Waals surface area contributed by atoms with Gasteiger partial charge in [0, 0.05) is 5.92 Å². The first-order valence-corrected chi connectivity index (χ1v) is 12.1. The molecule has 1 unspecified atom stereocenters. The van der Waals surface area contributed by atoms with Gasteiger partial charge in [0.25, 0.3) is 0 Å². The molecule has 5 heteroatoms. The summed E-state index contributed by atoms with van der Waals surface area (Å²) in [7, 11) is 1.60. The van der Waals surface area contributed by atoms with Crippen molar-refractivity contribution < 1.29 is 19.0 Å². The number of alkyl halides is 1. The molecule has 3 nitrogen and oxygen atoms in total. The van der Waals surface area contributed by atoms with E-state index in [4.69, 9.17) is 16.3 Å². The van der Waals surface area contributed by atoms with Gasteiger partial charge in [-0.2, -0.15) is 0 Å². The minimum atomic E-state index is -2.10. The molecule has 174 valence electrons. The lowest BCUT2D eigenvalue weighted by Gasteiger charge is -2.35. The summed E-state index contributed by atoms with van der Waals surface area (Å²) in [5.74, 6) is -0.918. The van der Waals surface area contributed by atoms with Gasteiger partial charge in [-0.25, -0.2) is 9.18 Å². The zero-order chi connectivity index (χ0) is 23.1. The van der Waals surface area contributed by atoms with Crippen molar-refractivity contribution in [2.45, 2.75) is 70.4 Å². The third-order valence-corrected chi connectivity index (χ3v) is 7.35. The minimum absolute atomic E-state index is 0.0538. The molecule has 0 aromatic heterocycles. The summed E-state index contributed by atoms with van der Waals surface area (Å²) in [5.41, 5.74) is 1.16. The largest absolute Gasteiger partial charge is 0.495 e. The number of benzene rings is 2. The van der Waals surface area contributed by atoms with Crippen LogP contribution in [-0.2, 0) is 11.2 Å². The fraction of sp³-hybridized carbons (Fsp3) is 0.519. The molecular formula is C27H34ClFO3. The van der Waals surface area contributed by atoms with E-state index >= 15 is 4.39 Å². The quantitative estimate of drug-likeness (QED) is 0.394. The number of ether oxygens (including phenoxy) is 1. The maximum Gasteiger partial charge on any atom is 0.341 e. The Labute approximate surface area is 195 Å². The Kier molecular flexibility index (Phi) is 8.58. The second kappa shape index (κ2) is 11.2. The van der Waals surface area contributed by atoms with Crippen LogP contribution in [0.4, 0.5) is 4.39 Å². The second-order valence-electron chi connectivity index (χ2n) is 9.07. The average molecular weight is 461 g/mol. The lowest BCUT2D eigenvalue weighted by Crippen LogP contribution is -2.44. The van der Waals surface area contributed by atoms with E-state index in [1.54, 1.807) is 7.11 Å². The molecule has 0 aliphatic heterocycles. The van der Waals surface area contributed by atoms with Gasteiger partial charge in [0.2, 0.25) is 5.67 Å². The van der Waals surface area contributed by atoms with Crippen LogP contribution < -0.4 is 4.74 Å². The molecule has 0 amide bonds. The highest BCUT2D eigenvalue weighted by Gasteiger charge is 2.47. The van der Waals surface area contributed by atoms with Crippen LogP contribution in [0.2, 0.25) is 5.02 Å². The standard InChI is InChI=1S/C27H34ClFO3/c1-3-19(18-27(29,26(30)31)23-7-5-4-6-8-23)9-10-20-11-13-21(14-12-20)22-15-16-25(32-2)24(28)17-22/h11-17,19,23H,3-10,18H2,1-2H3,(H,30,31)/t19?,27-/m0/s1. The maximum atomic E-state index is 15.7. The summed E-state index contributed by atoms with van der Waals surface area (Å²) < 4.78 is 20.9. The van der Waals surface area contributed by atoms with Gasteiger partial charge >= 0.3 is 5.97 Å². The zero-order valence-corrected chi connectivity index (χ0v) is 19.8. The number of aryl methyl sites for hydroxylation is 1. The molecule has 0 heterocycles. The first-order valence-electron chi connectivity index (χ1n) is 11.7. The topological polar surface area (TPSA) is 46.5 Å².